The second-order valence-corrected chi connectivity index (χ2v) is 18.9. The second kappa shape index (κ2) is 12.2. The summed E-state index contributed by atoms with van der Waals surface area (Å²) < 4.78 is 0. The quantitative estimate of drug-likeness (QED) is 0.169. The Kier molecular flexibility index (Phi) is 6.97. The fraction of sp³-hybridized carbons (Fsp3) is 0.207. The lowest BCUT2D eigenvalue weighted by Crippen LogP contribution is -2.40. The van der Waals surface area contributed by atoms with Crippen LogP contribution in [-0.4, -0.2) is 0 Å². The summed E-state index contributed by atoms with van der Waals surface area (Å²) in [5, 5.41) is 2.55. The molecule has 0 saturated heterocycles. The molecule has 5 unspecified atom stereocenters. The lowest BCUT2D eigenvalue weighted by Gasteiger charge is -2.44. The maximum atomic E-state index is 2.59. The van der Waals surface area contributed by atoms with Crippen LogP contribution in [0.5, 0.6) is 0 Å². The second-order valence-electron chi connectivity index (χ2n) is 18.9. The van der Waals surface area contributed by atoms with E-state index in [0.717, 1.165) is 23.7 Å². The fourth-order valence-corrected chi connectivity index (χ4v) is 13.6. The summed E-state index contributed by atoms with van der Waals surface area (Å²) in [6, 6.07) is 67.1. The maximum absolute atomic E-state index is 2.59. The largest absolute Gasteiger partial charge is 0.310 e. The first-order valence-corrected chi connectivity index (χ1v) is 21.9. The van der Waals surface area contributed by atoms with E-state index in [4.69, 9.17) is 0 Å². The maximum Gasteiger partial charge on any atom is 0.0468 e. The van der Waals surface area contributed by atoms with Crippen LogP contribution in [0.1, 0.15) is 61.8 Å². The Morgan fingerprint density at radius 1 is 0.441 bits per heavy atom. The summed E-state index contributed by atoms with van der Waals surface area (Å²) in [6.07, 6.45) is 5.59. The zero-order chi connectivity index (χ0) is 39.0. The predicted octanol–water partition coefficient (Wildman–Crippen LogP) is 15.3. The standard InChI is InChI=1S/C58H47N/c1-57(2)51-23-9-8-20-48(51)49-27-25-44(35-55(49)57)59(42-18-10-17-39(33-42)46-21-11-16-37-15-6-7-19-45(37)46)43-26-28-52-50(34-43)56-47(38-13-4-3-5-14-38)22-12-24-53(56)58(52)41-30-36-29-40(32-41)54(58)31-36/h3-28,33-36,40-41,54H,29-32H2,1-2H3. The van der Waals surface area contributed by atoms with Crippen molar-refractivity contribution in [3.8, 4) is 44.5 Å². The van der Waals surface area contributed by atoms with Crippen molar-refractivity contribution in [3.05, 3.63) is 198 Å². The Bertz CT molecular complexity index is 3020. The minimum absolute atomic E-state index is 0.104. The van der Waals surface area contributed by atoms with E-state index in [0.29, 0.717) is 0 Å². The number of benzene rings is 8. The molecule has 14 rings (SSSR count). The number of hydrogen-bond donors (Lipinski definition) is 0. The highest BCUT2D eigenvalue weighted by Crippen LogP contribution is 2.73. The molecule has 6 aliphatic carbocycles. The van der Waals surface area contributed by atoms with E-state index in [1.54, 1.807) is 11.1 Å². The summed E-state index contributed by atoms with van der Waals surface area (Å²) >= 11 is 0. The summed E-state index contributed by atoms with van der Waals surface area (Å²) in [4.78, 5) is 2.55. The first kappa shape index (κ1) is 33.8. The zero-order valence-corrected chi connectivity index (χ0v) is 33.8. The van der Waals surface area contributed by atoms with Crippen molar-refractivity contribution in [2.45, 2.75) is 50.4 Å². The van der Waals surface area contributed by atoms with E-state index < -0.39 is 0 Å². The van der Waals surface area contributed by atoms with E-state index >= 15 is 0 Å². The van der Waals surface area contributed by atoms with Crippen LogP contribution in [0.2, 0.25) is 0 Å². The average Bonchev–Trinajstić information content (AvgIpc) is 3.90. The normalized spacial score (nSPS) is 23.4. The first-order valence-electron chi connectivity index (χ1n) is 21.9. The van der Waals surface area contributed by atoms with Crippen LogP contribution in [0, 0.1) is 23.7 Å². The van der Waals surface area contributed by atoms with Gasteiger partial charge < -0.3 is 4.90 Å². The van der Waals surface area contributed by atoms with Crippen molar-refractivity contribution in [2.24, 2.45) is 23.7 Å². The molecular weight excluding hydrogens is 711 g/mol. The monoisotopic (exact) mass is 757 g/mol. The first-order chi connectivity index (χ1) is 29.0. The van der Waals surface area contributed by atoms with Gasteiger partial charge in [0.25, 0.3) is 0 Å². The van der Waals surface area contributed by atoms with Crippen molar-refractivity contribution in [3.63, 3.8) is 0 Å². The molecule has 1 heteroatoms. The Labute approximate surface area is 348 Å². The van der Waals surface area contributed by atoms with Gasteiger partial charge in [0.15, 0.2) is 0 Å². The van der Waals surface area contributed by atoms with Gasteiger partial charge in [-0.1, -0.05) is 153 Å². The highest BCUT2D eigenvalue weighted by molar-refractivity contribution is 5.99. The minimum Gasteiger partial charge on any atom is -0.310 e. The highest BCUT2D eigenvalue weighted by atomic mass is 15.1. The van der Waals surface area contributed by atoms with Crippen molar-refractivity contribution in [1.82, 2.24) is 0 Å². The molecule has 4 bridgehead atoms. The molecule has 0 radical (unpaired) electrons. The molecule has 0 amide bonds. The molecule has 1 spiro atoms. The Hall–Kier alpha value is -6.18. The fourth-order valence-electron chi connectivity index (χ4n) is 13.6. The Morgan fingerprint density at radius 3 is 2.03 bits per heavy atom. The van der Waals surface area contributed by atoms with Gasteiger partial charge in [0.2, 0.25) is 0 Å². The van der Waals surface area contributed by atoms with E-state index in [1.807, 2.05) is 0 Å². The van der Waals surface area contributed by atoms with E-state index in [2.05, 4.69) is 195 Å². The molecular formula is C58H47N. The van der Waals surface area contributed by atoms with E-state index in [-0.39, 0.29) is 10.8 Å². The van der Waals surface area contributed by atoms with Gasteiger partial charge in [-0.15, -0.1) is 0 Å². The van der Waals surface area contributed by atoms with Crippen LogP contribution in [0.3, 0.4) is 0 Å². The molecule has 6 aliphatic rings. The van der Waals surface area contributed by atoms with Crippen LogP contribution in [-0.2, 0) is 10.8 Å². The molecule has 284 valence electrons. The molecule has 8 aromatic rings. The number of nitrogens with zero attached hydrogens (tertiary/aromatic N) is 1. The van der Waals surface area contributed by atoms with Gasteiger partial charge in [-0.05, 0) is 163 Å². The molecule has 0 aromatic heterocycles. The lowest BCUT2D eigenvalue weighted by atomic mass is 9.59. The molecule has 5 atom stereocenters. The molecule has 0 N–H and O–H groups in total. The molecule has 0 heterocycles. The molecule has 59 heavy (non-hydrogen) atoms. The van der Waals surface area contributed by atoms with Gasteiger partial charge in [0, 0.05) is 27.9 Å². The smallest absolute Gasteiger partial charge is 0.0468 e. The SMILES string of the molecule is CC1(C)c2ccccc2-c2ccc(N(c3cccc(-c4cccc5ccccc45)c3)c3ccc4c(c3)-c3c(-c5ccccc5)cccc3C43C4CC5CC(C4)C3C5)cc21. The molecule has 1 nitrogen and oxygen atoms in total. The van der Waals surface area contributed by atoms with Crippen LogP contribution < -0.4 is 4.90 Å². The van der Waals surface area contributed by atoms with E-state index in [9.17, 15) is 0 Å². The average molecular weight is 758 g/mol. The molecule has 4 fully saturated rings. The summed E-state index contributed by atoms with van der Waals surface area (Å²) in [6.45, 7) is 4.79. The molecule has 0 aliphatic heterocycles. The molecule has 4 saturated carbocycles. The van der Waals surface area contributed by atoms with Crippen molar-refractivity contribution >= 4 is 27.8 Å². The van der Waals surface area contributed by atoms with Gasteiger partial charge in [0.05, 0.1) is 0 Å². The van der Waals surface area contributed by atoms with Crippen molar-refractivity contribution < 1.29 is 0 Å². The number of fused-ring (bicyclic) bond motifs is 7. The van der Waals surface area contributed by atoms with Crippen molar-refractivity contribution in [2.75, 3.05) is 4.90 Å². The summed E-state index contributed by atoms with van der Waals surface area (Å²) in [5.41, 5.74) is 20.4. The summed E-state index contributed by atoms with van der Waals surface area (Å²) in [5.74, 6) is 3.22. The van der Waals surface area contributed by atoms with Crippen LogP contribution in [0.15, 0.2) is 176 Å². The van der Waals surface area contributed by atoms with Gasteiger partial charge >= 0.3 is 0 Å². The Morgan fingerprint density at radius 2 is 1.12 bits per heavy atom. The Balaban J connectivity index is 1.05. The van der Waals surface area contributed by atoms with Gasteiger partial charge in [-0.3, -0.25) is 0 Å². The number of hydrogen-bond acceptors (Lipinski definition) is 1. The predicted molar refractivity (Wildman–Crippen MR) is 246 cm³/mol. The highest BCUT2D eigenvalue weighted by Gasteiger charge is 2.66. The van der Waals surface area contributed by atoms with Gasteiger partial charge in [0.1, 0.15) is 0 Å². The van der Waals surface area contributed by atoms with Gasteiger partial charge in [-0.2, -0.15) is 0 Å². The zero-order valence-electron chi connectivity index (χ0n) is 33.8. The third-order valence-corrected chi connectivity index (χ3v) is 15.8. The van der Waals surface area contributed by atoms with Gasteiger partial charge in [-0.25, -0.2) is 0 Å². The number of rotatable bonds is 5. The lowest BCUT2D eigenvalue weighted by molar-refractivity contribution is 0.191. The molecule has 8 aromatic carbocycles. The van der Waals surface area contributed by atoms with Crippen LogP contribution in [0.4, 0.5) is 17.1 Å². The minimum atomic E-state index is -0.104. The third-order valence-electron chi connectivity index (χ3n) is 15.8. The summed E-state index contributed by atoms with van der Waals surface area (Å²) in [7, 11) is 0. The topological polar surface area (TPSA) is 3.24 Å². The van der Waals surface area contributed by atoms with Crippen LogP contribution >= 0.6 is 0 Å². The number of anilines is 3. The van der Waals surface area contributed by atoms with Crippen LogP contribution in [0.25, 0.3) is 55.3 Å². The van der Waals surface area contributed by atoms with Crippen molar-refractivity contribution in [1.29, 1.82) is 0 Å². The van der Waals surface area contributed by atoms with E-state index in [1.165, 1.54) is 109 Å². The third kappa shape index (κ3) is 4.57.